The van der Waals surface area contributed by atoms with Crippen LogP contribution in [0.15, 0.2) is 12.0 Å². The lowest BCUT2D eigenvalue weighted by Gasteiger charge is -2.30. The quantitative estimate of drug-likeness (QED) is 0.374. The summed E-state index contributed by atoms with van der Waals surface area (Å²) in [7, 11) is -3.77. The summed E-state index contributed by atoms with van der Waals surface area (Å²) in [5.41, 5.74) is 1.45. The topological polar surface area (TPSA) is 95.9 Å². The molecule has 0 radical (unpaired) electrons. The Labute approximate surface area is 166 Å². The molecule has 2 aliphatic rings. The Balaban J connectivity index is 2.13. The molecule has 1 aliphatic carbocycles. The highest BCUT2D eigenvalue weighted by Crippen LogP contribution is 2.30. The van der Waals surface area contributed by atoms with Gasteiger partial charge < -0.3 is 9.64 Å². The van der Waals surface area contributed by atoms with Gasteiger partial charge in [-0.15, -0.1) is 0 Å². The van der Waals surface area contributed by atoms with Gasteiger partial charge in [-0.05, 0) is 38.0 Å². The van der Waals surface area contributed by atoms with Gasteiger partial charge >= 0.3 is 0 Å². The zero-order valence-corrected chi connectivity index (χ0v) is 17.6. The Bertz CT molecular complexity index is 780. The lowest BCUT2D eigenvalue weighted by atomic mass is 9.84. The summed E-state index contributed by atoms with van der Waals surface area (Å²) in [5.74, 6) is 5.81. The van der Waals surface area contributed by atoms with Crippen molar-refractivity contribution in [2.24, 2.45) is 11.8 Å². The molecule has 0 bridgehead atoms. The molecule has 1 heterocycles. The molecule has 1 aliphatic heterocycles. The third-order valence-corrected chi connectivity index (χ3v) is 7.34. The number of alkyl halides is 1. The van der Waals surface area contributed by atoms with Crippen molar-refractivity contribution in [1.29, 1.82) is 0 Å². The number of nitrogens with zero attached hydrogens (tertiary/aromatic N) is 1. The van der Waals surface area contributed by atoms with Crippen LogP contribution >= 0.6 is 0 Å². The molecule has 2 N–H and O–H groups in total. The maximum absolute atomic E-state index is 12.9. The van der Waals surface area contributed by atoms with Crippen molar-refractivity contribution in [2.75, 3.05) is 12.8 Å². The first kappa shape index (κ1) is 22.5. The first-order valence-electron chi connectivity index (χ1n) is 9.40. The molecule has 7 nitrogen and oxygen atoms in total. The Morgan fingerprint density at radius 3 is 2.64 bits per heavy atom. The van der Waals surface area contributed by atoms with E-state index in [0.29, 0.717) is 30.9 Å². The average Bonchev–Trinajstić information content (AvgIpc) is 2.94. The number of hydrogen-bond acceptors (Lipinski definition) is 6. The second-order valence-corrected chi connectivity index (χ2v) is 10.6. The van der Waals surface area contributed by atoms with Crippen molar-refractivity contribution < 1.29 is 27.5 Å². The van der Waals surface area contributed by atoms with Gasteiger partial charge in [-0.3, -0.25) is 10.0 Å². The highest BCUT2D eigenvalue weighted by atomic mass is 32.2. The minimum Gasteiger partial charge on any atom is -0.461 e. The van der Waals surface area contributed by atoms with Crippen LogP contribution in [-0.4, -0.2) is 54.4 Å². The van der Waals surface area contributed by atoms with E-state index < -0.39 is 26.7 Å². The lowest BCUT2D eigenvalue weighted by Crippen LogP contribution is -2.51. The van der Waals surface area contributed by atoms with E-state index in [1.54, 1.807) is 6.20 Å². The molecule has 0 aromatic rings. The van der Waals surface area contributed by atoms with Crippen molar-refractivity contribution in [3.05, 3.63) is 12.0 Å². The Kier molecular flexibility index (Phi) is 6.99. The predicted octanol–water partition coefficient (Wildman–Crippen LogP) is 1.98. The van der Waals surface area contributed by atoms with E-state index in [0.717, 1.165) is 6.26 Å². The third kappa shape index (κ3) is 5.17. The highest BCUT2D eigenvalue weighted by Gasteiger charge is 2.44. The molecule has 9 heteroatoms. The molecule has 0 saturated heterocycles. The lowest BCUT2D eigenvalue weighted by molar-refractivity contribution is -0.131. The monoisotopic (exact) mass is 416 g/mol. The first-order valence-corrected chi connectivity index (χ1v) is 11.3. The van der Waals surface area contributed by atoms with E-state index in [9.17, 15) is 17.6 Å². The third-order valence-electron chi connectivity index (χ3n) is 5.32. The van der Waals surface area contributed by atoms with Gasteiger partial charge in [-0.25, -0.2) is 18.3 Å². The van der Waals surface area contributed by atoms with E-state index in [1.807, 2.05) is 18.7 Å². The largest absolute Gasteiger partial charge is 0.461 e. The number of hydrogen-bond donors (Lipinski definition) is 2. The number of rotatable bonds is 7. The van der Waals surface area contributed by atoms with Gasteiger partial charge in [0.1, 0.15) is 6.17 Å². The second-order valence-electron chi connectivity index (χ2n) is 8.16. The van der Waals surface area contributed by atoms with Crippen LogP contribution in [0.2, 0.25) is 0 Å². The highest BCUT2D eigenvalue weighted by molar-refractivity contribution is 7.92. The molecule has 1 amide bonds. The number of carbonyl (C=O) groups excluding carboxylic acids is 1. The Morgan fingerprint density at radius 1 is 1.50 bits per heavy atom. The first-order chi connectivity index (χ1) is 13.0. The van der Waals surface area contributed by atoms with Crippen LogP contribution in [0, 0.1) is 23.7 Å². The van der Waals surface area contributed by atoms with Crippen LogP contribution in [0.4, 0.5) is 4.39 Å². The molecular formula is C19H29FN2O5S. The number of ether oxygens (including phenoxy) is 1. The summed E-state index contributed by atoms with van der Waals surface area (Å²) in [5, 5.41) is 8.95. The number of halogens is 1. The summed E-state index contributed by atoms with van der Waals surface area (Å²) in [4.78, 5) is 13.8. The van der Waals surface area contributed by atoms with Gasteiger partial charge in [0.05, 0.1) is 6.20 Å². The summed E-state index contributed by atoms with van der Waals surface area (Å²) >= 11 is 0. The van der Waals surface area contributed by atoms with Gasteiger partial charge in [-0.1, -0.05) is 19.8 Å². The summed E-state index contributed by atoms with van der Waals surface area (Å²) in [6.45, 7) is 5.60. The Hall–Kier alpha value is -1.79. The van der Waals surface area contributed by atoms with Crippen LogP contribution in [0.3, 0.4) is 0 Å². The number of allylic oxidation sites excluding steroid dienone is 1. The zero-order valence-electron chi connectivity index (χ0n) is 16.7. The van der Waals surface area contributed by atoms with Crippen molar-refractivity contribution in [3.63, 3.8) is 0 Å². The Morgan fingerprint density at radius 2 is 2.14 bits per heavy atom. The van der Waals surface area contributed by atoms with Gasteiger partial charge in [0, 0.05) is 25.1 Å². The molecule has 0 aromatic heterocycles. The standard InChI is InChI=1S/C19H29FN2O5S/c1-13(2)9-17-22(8-7-19(3,18(23)21-24)28(4,25)26)12-16(27-17)6-5-14-10-15(20)11-14/h12-15,17,24H,7-11H2,1-4H3,(H,21,23). The van der Waals surface area contributed by atoms with Gasteiger partial charge in [0.25, 0.3) is 5.91 Å². The van der Waals surface area contributed by atoms with Crippen LogP contribution in [-0.2, 0) is 19.4 Å². The van der Waals surface area contributed by atoms with E-state index >= 15 is 0 Å². The average molecular weight is 417 g/mol. The number of carbonyl (C=O) groups is 1. The second kappa shape index (κ2) is 8.70. The number of nitrogens with one attached hydrogen (secondary N) is 1. The fourth-order valence-corrected chi connectivity index (χ4v) is 3.95. The van der Waals surface area contributed by atoms with Crippen LogP contribution in [0.1, 0.15) is 46.5 Å². The van der Waals surface area contributed by atoms with Crippen LogP contribution < -0.4 is 5.48 Å². The van der Waals surface area contributed by atoms with Crippen molar-refractivity contribution in [1.82, 2.24) is 10.4 Å². The van der Waals surface area contributed by atoms with E-state index in [1.165, 1.54) is 12.4 Å². The number of sulfone groups is 1. The predicted molar refractivity (Wildman–Crippen MR) is 102 cm³/mol. The van der Waals surface area contributed by atoms with E-state index in [4.69, 9.17) is 9.94 Å². The maximum Gasteiger partial charge on any atom is 0.264 e. The van der Waals surface area contributed by atoms with Gasteiger partial charge in [0.15, 0.2) is 26.6 Å². The van der Waals surface area contributed by atoms with Gasteiger partial charge in [0.2, 0.25) is 0 Å². The molecule has 1 fully saturated rings. The van der Waals surface area contributed by atoms with Crippen molar-refractivity contribution in [3.8, 4) is 11.8 Å². The smallest absolute Gasteiger partial charge is 0.264 e. The molecule has 2 rings (SSSR count). The molecule has 0 aromatic carbocycles. The molecule has 0 spiro atoms. The van der Waals surface area contributed by atoms with Crippen molar-refractivity contribution in [2.45, 2.75) is 63.6 Å². The summed E-state index contributed by atoms with van der Waals surface area (Å²) in [6.07, 6.45) is 3.15. The molecule has 158 valence electrons. The number of hydroxylamine groups is 1. The minimum absolute atomic E-state index is 0.0282. The normalized spacial score (nSPS) is 26.5. The maximum atomic E-state index is 12.9. The molecule has 1 saturated carbocycles. The van der Waals surface area contributed by atoms with Crippen LogP contribution in [0.25, 0.3) is 0 Å². The number of amides is 1. The minimum atomic E-state index is -3.77. The summed E-state index contributed by atoms with van der Waals surface area (Å²) in [6, 6.07) is 0. The molecule has 28 heavy (non-hydrogen) atoms. The molecular weight excluding hydrogens is 387 g/mol. The van der Waals surface area contributed by atoms with Crippen LogP contribution in [0.5, 0.6) is 0 Å². The summed E-state index contributed by atoms with van der Waals surface area (Å²) < 4.78 is 41.3. The SMILES string of the molecule is CC(C)CC1OC(C#CC2CC(F)C2)=CN1CCC(C)(C(=O)NO)S(C)(=O)=O. The zero-order chi connectivity index (χ0) is 21.1. The molecule has 2 unspecified atom stereocenters. The fraction of sp³-hybridized carbons (Fsp3) is 0.737. The molecule has 2 atom stereocenters. The van der Waals surface area contributed by atoms with E-state index in [2.05, 4.69) is 11.8 Å². The van der Waals surface area contributed by atoms with E-state index in [-0.39, 0.29) is 25.1 Å². The van der Waals surface area contributed by atoms with Crippen molar-refractivity contribution >= 4 is 15.7 Å². The van der Waals surface area contributed by atoms with Gasteiger partial charge in [-0.2, -0.15) is 0 Å². The fourth-order valence-electron chi connectivity index (χ4n) is 3.10.